The average molecular weight is 212 g/mol. The predicted octanol–water partition coefficient (Wildman–Crippen LogP) is 1.84. The Kier molecular flexibility index (Phi) is 4.78. The van der Waals surface area contributed by atoms with E-state index in [0.717, 1.165) is 30.1 Å². The average Bonchev–Trinajstić information content (AvgIpc) is 2.55. The maximum absolute atomic E-state index is 5.29. The molecule has 0 aliphatic carbocycles. The molecule has 1 aromatic rings. The molecule has 0 saturated carbocycles. The van der Waals surface area contributed by atoms with E-state index in [1.54, 1.807) is 7.11 Å². The molecule has 0 unspecified atom stereocenters. The summed E-state index contributed by atoms with van der Waals surface area (Å²) in [7, 11) is 1.69. The van der Waals surface area contributed by atoms with E-state index in [9.17, 15) is 0 Å². The topological polar surface area (TPSA) is 47.3 Å². The van der Waals surface area contributed by atoms with Gasteiger partial charge in [-0.25, -0.2) is 0 Å². The standard InChI is InChI=1S/C11H20N2O2/c1-8(2)11-9(3)10(13-15-11)7-12-5-6-14-4/h8,12H,5-7H2,1-4H3. The molecule has 1 N–H and O–H groups in total. The molecule has 0 aliphatic heterocycles. The summed E-state index contributed by atoms with van der Waals surface area (Å²) in [5, 5.41) is 7.30. The van der Waals surface area contributed by atoms with E-state index in [1.165, 1.54) is 0 Å². The first-order valence-corrected chi connectivity index (χ1v) is 5.31. The van der Waals surface area contributed by atoms with Crippen LogP contribution in [0.1, 0.15) is 36.8 Å². The maximum Gasteiger partial charge on any atom is 0.142 e. The molecule has 1 aromatic heterocycles. The molecular weight excluding hydrogens is 192 g/mol. The molecular formula is C11H20N2O2. The van der Waals surface area contributed by atoms with Crippen LogP contribution in [-0.2, 0) is 11.3 Å². The predicted molar refractivity (Wildman–Crippen MR) is 58.9 cm³/mol. The van der Waals surface area contributed by atoms with Crippen molar-refractivity contribution in [3.63, 3.8) is 0 Å². The van der Waals surface area contributed by atoms with Crippen LogP contribution in [0.25, 0.3) is 0 Å². The SMILES string of the molecule is COCCNCc1noc(C(C)C)c1C. The quantitative estimate of drug-likeness (QED) is 0.731. The third kappa shape index (κ3) is 3.32. The molecule has 0 saturated heterocycles. The molecule has 86 valence electrons. The fraction of sp³-hybridized carbons (Fsp3) is 0.727. The van der Waals surface area contributed by atoms with Gasteiger partial charge in [0.1, 0.15) is 11.5 Å². The van der Waals surface area contributed by atoms with E-state index in [1.807, 2.05) is 0 Å². The van der Waals surface area contributed by atoms with Gasteiger partial charge in [0.2, 0.25) is 0 Å². The third-order valence-electron chi connectivity index (χ3n) is 2.36. The van der Waals surface area contributed by atoms with Gasteiger partial charge in [0, 0.05) is 31.7 Å². The highest BCUT2D eigenvalue weighted by Crippen LogP contribution is 2.21. The highest BCUT2D eigenvalue weighted by molar-refractivity contribution is 5.23. The van der Waals surface area contributed by atoms with E-state index >= 15 is 0 Å². The lowest BCUT2D eigenvalue weighted by molar-refractivity contribution is 0.199. The number of rotatable bonds is 6. The summed E-state index contributed by atoms with van der Waals surface area (Å²) in [6.45, 7) is 8.56. The molecule has 0 spiro atoms. The summed E-state index contributed by atoms with van der Waals surface area (Å²) in [6, 6.07) is 0. The lowest BCUT2D eigenvalue weighted by Gasteiger charge is -2.02. The van der Waals surface area contributed by atoms with Crippen molar-refractivity contribution in [2.24, 2.45) is 0 Å². The Morgan fingerprint density at radius 1 is 1.47 bits per heavy atom. The Bertz CT molecular complexity index is 295. The van der Waals surface area contributed by atoms with Crippen LogP contribution in [0.5, 0.6) is 0 Å². The number of aromatic nitrogens is 1. The van der Waals surface area contributed by atoms with Crippen molar-refractivity contribution in [1.82, 2.24) is 10.5 Å². The molecule has 0 aliphatic rings. The van der Waals surface area contributed by atoms with E-state index in [-0.39, 0.29) is 0 Å². The van der Waals surface area contributed by atoms with Gasteiger partial charge in [-0.15, -0.1) is 0 Å². The summed E-state index contributed by atoms with van der Waals surface area (Å²) >= 11 is 0. The van der Waals surface area contributed by atoms with Crippen LogP contribution < -0.4 is 5.32 Å². The number of hydrogen-bond acceptors (Lipinski definition) is 4. The van der Waals surface area contributed by atoms with Crippen molar-refractivity contribution in [2.75, 3.05) is 20.3 Å². The van der Waals surface area contributed by atoms with Gasteiger partial charge in [-0.05, 0) is 6.92 Å². The smallest absolute Gasteiger partial charge is 0.142 e. The van der Waals surface area contributed by atoms with Gasteiger partial charge in [0.15, 0.2) is 0 Å². The minimum atomic E-state index is 0.394. The number of nitrogens with one attached hydrogen (secondary N) is 1. The van der Waals surface area contributed by atoms with Gasteiger partial charge in [0.05, 0.1) is 6.61 Å². The monoisotopic (exact) mass is 212 g/mol. The molecule has 1 heterocycles. The zero-order chi connectivity index (χ0) is 11.3. The zero-order valence-electron chi connectivity index (χ0n) is 9.96. The first-order chi connectivity index (χ1) is 7.16. The van der Waals surface area contributed by atoms with Gasteiger partial charge >= 0.3 is 0 Å². The van der Waals surface area contributed by atoms with Crippen LogP contribution in [0.15, 0.2) is 4.52 Å². The summed E-state index contributed by atoms with van der Waals surface area (Å²) in [6.07, 6.45) is 0. The van der Waals surface area contributed by atoms with Crippen molar-refractivity contribution >= 4 is 0 Å². The van der Waals surface area contributed by atoms with Crippen LogP contribution in [0.2, 0.25) is 0 Å². The van der Waals surface area contributed by atoms with Crippen LogP contribution in [0.3, 0.4) is 0 Å². The van der Waals surface area contributed by atoms with Gasteiger partial charge in [-0.2, -0.15) is 0 Å². The van der Waals surface area contributed by atoms with E-state index in [2.05, 4.69) is 31.2 Å². The highest BCUT2D eigenvalue weighted by Gasteiger charge is 2.13. The van der Waals surface area contributed by atoms with E-state index in [4.69, 9.17) is 9.26 Å². The first-order valence-electron chi connectivity index (χ1n) is 5.31. The minimum Gasteiger partial charge on any atom is -0.383 e. The van der Waals surface area contributed by atoms with E-state index < -0.39 is 0 Å². The first kappa shape index (κ1) is 12.2. The molecule has 1 rings (SSSR count). The third-order valence-corrected chi connectivity index (χ3v) is 2.36. The molecule has 15 heavy (non-hydrogen) atoms. The number of hydrogen-bond donors (Lipinski definition) is 1. The molecule has 0 aromatic carbocycles. The summed E-state index contributed by atoms with van der Waals surface area (Å²) < 4.78 is 10.2. The summed E-state index contributed by atoms with van der Waals surface area (Å²) in [4.78, 5) is 0. The maximum atomic E-state index is 5.29. The largest absolute Gasteiger partial charge is 0.383 e. The van der Waals surface area contributed by atoms with Crippen LogP contribution in [-0.4, -0.2) is 25.4 Å². The lowest BCUT2D eigenvalue weighted by atomic mass is 10.1. The van der Waals surface area contributed by atoms with Crippen molar-refractivity contribution in [2.45, 2.75) is 33.2 Å². The minimum absolute atomic E-state index is 0.394. The van der Waals surface area contributed by atoms with Crippen LogP contribution >= 0.6 is 0 Å². The lowest BCUT2D eigenvalue weighted by Crippen LogP contribution is -2.19. The molecule has 0 radical (unpaired) electrons. The zero-order valence-corrected chi connectivity index (χ0v) is 9.96. The molecule has 4 heteroatoms. The summed E-state index contributed by atoms with van der Waals surface area (Å²) in [5.74, 6) is 1.38. The second-order valence-electron chi connectivity index (χ2n) is 3.94. The number of ether oxygens (including phenoxy) is 1. The second kappa shape index (κ2) is 5.88. The van der Waals surface area contributed by atoms with Crippen LogP contribution in [0.4, 0.5) is 0 Å². The van der Waals surface area contributed by atoms with Crippen molar-refractivity contribution < 1.29 is 9.26 Å². The van der Waals surface area contributed by atoms with Crippen molar-refractivity contribution in [1.29, 1.82) is 0 Å². The van der Waals surface area contributed by atoms with Crippen LogP contribution in [0, 0.1) is 6.92 Å². The summed E-state index contributed by atoms with van der Waals surface area (Å²) in [5.41, 5.74) is 2.16. The van der Waals surface area contributed by atoms with Gasteiger partial charge < -0.3 is 14.6 Å². The normalized spacial score (nSPS) is 11.3. The van der Waals surface area contributed by atoms with Gasteiger partial charge in [0.25, 0.3) is 0 Å². The fourth-order valence-electron chi connectivity index (χ4n) is 1.47. The Morgan fingerprint density at radius 2 is 2.20 bits per heavy atom. The Balaban J connectivity index is 2.48. The van der Waals surface area contributed by atoms with Gasteiger partial charge in [-0.1, -0.05) is 19.0 Å². The molecule has 0 bridgehead atoms. The van der Waals surface area contributed by atoms with Gasteiger partial charge in [-0.3, -0.25) is 0 Å². The van der Waals surface area contributed by atoms with Crippen molar-refractivity contribution in [3.05, 3.63) is 17.0 Å². The Morgan fingerprint density at radius 3 is 2.73 bits per heavy atom. The van der Waals surface area contributed by atoms with E-state index in [0.29, 0.717) is 12.5 Å². The Hall–Kier alpha value is -0.870. The Labute approximate surface area is 91.0 Å². The molecule has 0 atom stereocenters. The fourth-order valence-corrected chi connectivity index (χ4v) is 1.47. The second-order valence-corrected chi connectivity index (χ2v) is 3.94. The van der Waals surface area contributed by atoms with Crippen molar-refractivity contribution in [3.8, 4) is 0 Å². The highest BCUT2D eigenvalue weighted by atomic mass is 16.5. The molecule has 4 nitrogen and oxygen atoms in total. The molecule has 0 fully saturated rings. The molecule has 0 amide bonds. The number of methoxy groups -OCH3 is 1. The number of nitrogens with zero attached hydrogens (tertiary/aromatic N) is 1.